The number of ether oxygens (including phenoxy) is 2. The van der Waals surface area contributed by atoms with E-state index in [4.69, 9.17) is 112 Å². The monoisotopic (exact) mass is 1020 g/mol. The van der Waals surface area contributed by atoms with Crippen LogP contribution in [0, 0.1) is 0 Å². The summed E-state index contributed by atoms with van der Waals surface area (Å²) in [6.07, 6.45) is 0.883. The highest BCUT2D eigenvalue weighted by molar-refractivity contribution is 9.10. The minimum absolute atomic E-state index is 0.257. The van der Waals surface area contributed by atoms with Gasteiger partial charge in [-0.2, -0.15) is 0 Å². The van der Waals surface area contributed by atoms with Crippen molar-refractivity contribution >= 4 is 237 Å². The van der Waals surface area contributed by atoms with E-state index >= 15 is 0 Å². The Morgan fingerprint density at radius 3 is 1.26 bits per heavy atom. The van der Waals surface area contributed by atoms with Crippen LogP contribution in [0.25, 0.3) is 0 Å². The molecule has 2 unspecified atom stereocenters. The summed E-state index contributed by atoms with van der Waals surface area (Å²) in [5.74, 6) is 0. The van der Waals surface area contributed by atoms with Gasteiger partial charge in [-0.1, -0.05) is 79.8 Å². The Labute approximate surface area is 451 Å². The number of halogens is 2. The Bertz CT molecular complexity index is 1630. The van der Waals surface area contributed by atoms with Crippen molar-refractivity contribution in [2.45, 2.75) is 90.8 Å². The van der Waals surface area contributed by atoms with E-state index in [0.717, 1.165) is 47.3 Å². The van der Waals surface area contributed by atoms with Crippen LogP contribution in [0.1, 0.15) is 65.2 Å². The van der Waals surface area contributed by atoms with Crippen molar-refractivity contribution in [2.75, 3.05) is 26.4 Å². The molecule has 32 heteroatoms. The lowest BCUT2D eigenvalue weighted by Crippen LogP contribution is -2.83. The van der Waals surface area contributed by atoms with Gasteiger partial charge in [0.25, 0.3) is 0 Å². The Morgan fingerprint density at radius 2 is 0.909 bits per heavy atom. The van der Waals surface area contributed by atoms with Crippen LogP contribution < -0.4 is 5.46 Å². The highest BCUT2D eigenvalue weighted by Gasteiger charge is 2.46. The lowest BCUT2D eigenvalue weighted by Gasteiger charge is -2.45. The molecule has 0 amide bonds. The third kappa shape index (κ3) is 23.7. The molecule has 2 aliphatic heterocycles. The molecule has 0 saturated carbocycles. The maximum Gasteiger partial charge on any atom is 0.495 e. The zero-order valence-corrected chi connectivity index (χ0v) is 44.2. The van der Waals surface area contributed by atoms with E-state index in [1.165, 1.54) is 46.4 Å². The van der Waals surface area contributed by atoms with Crippen molar-refractivity contribution in [1.29, 1.82) is 0 Å². The minimum Gasteiger partial charge on any atom is -0.407 e. The number of thioether (sulfide) groups is 2. The van der Waals surface area contributed by atoms with Gasteiger partial charge in [0, 0.05) is 207 Å². The lowest BCUT2D eigenvalue weighted by molar-refractivity contribution is 0.0727. The van der Waals surface area contributed by atoms with Gasteiger partial charge in [-0.25, -0.2) is 0 Å². The molecule has 306 valence electrons. The summed E-state index contributed by atoms with van der Waals surface area (Å²) in [4.78, 5) is 3.47. The second-order valence-corrected chi connectivity index (χ2v) is 20.7. The Morgan fingerprint density at radius 1 is 0.530 bits per heavy atom. The van der Waals surface area contributed by atoms with Crippen molar-refractivity contribution in [3.63, 3.8) is 0 Å². The molecule has 2 fully saturated rings. The van der Waals surface area contributed by atoms with Gasteiger partial charge in [-0.05, 0) is 119 Å². The van der Waals surface area contributed by atoms with Gasteiger partial charge in [0.15, 0.2) is 0 Å². The Hall–Kier alpha value is 1.00. The smallest absolute Gasteiger partial charge is 0.407 e. The van der Waals surface area contributed by atoms with Crippen LogP contribution in [0.2, 0.25) is 0 Å². The predicted octanol–water partition coefficient (Wildman–Crippen LogP) is 2.28. The van der Waals surface area contributed by atoms with Crippen molar-refractivity contribution < 1.29 is 18.8 Å². The molecule has 5 rings (SSSR count). The molecule has 0 bridgehead atoms. The summed E-state index contributed by atoms with van der Waals surface area (Å²) in [7, 11) is 69.4. The van der Waals surface area contributed by atoms with E-state index in [0.29, 0.717) is 18.6 Å². The first kappa shape index (κ1) is 63.1. The van der Waals surface area contributed by atoms with Crippen LogP contribution in [-0.2, 0) is 18.8 Å². The van der Waals surface area contributed by atoms with Crippen molar-refractivity contribution in [3.05, 3.63) is 81.7 Å². The van der Waals surface area contributed by atoms with E-state index in [2.05, 4.69) is 101 Å². The van der Waals surface area contributed by atoms with Gasteiger partial charge in [0.2, 0.25) is 0 Å². The average molecular weight is 1020 g/mol. The van der Waals surface area contributed by atoms with Gasteiger partial charge < -0.3 is 18.8 Å². The first-order valence-corrected chi connectivity index (χ1v) is 26.4. The first-order valence-electron chi connectivity index (χ1n) is 22.6. The molecule has 2 heterocycles. The molecular weight excluding hydrogens is 977 g/mol. The number of hydrogen-bond donors (Lipinski definition) is 1. The lowest BCUT2D eigenvalue weighted by atomic mass is 8.36. The summed E-state index contributed by atoms with van der Waals surface area (Å²) in [6.45, 7) is 7.46. The van der Waals surface area contributed by atoms with Crippen LogP contribution >= 0.6 is 68.0 Å². The second-order valence-electron chi connectivity index (χ2n) is 16.1. The summed E-state index contributed by atoms with van der Waals surface area (Å²) in [5, 5.41) is 0. The van der Waals surface area contributed by atoms with Crippen LogP contribution in [0.15, 0.2) is 96.4 Å². The molecule has 66 heavy (non-hydrogen) atoms. The number of rotatable bonds is 20. The molecule has 0 N–H and O–H groups in total. The number of thiol groups is 1. The van der Waals surface area contributed by atoms with Crippen molar-refractivity contribution in [1.82, 2.24) is 0 Å². The quantitative estimate of drug-likeness (QED) is 0.139. The van der Waals surface area contributed by atoms with Crippen LogP contribution in [0.5, 0.6) is 0 Å². The topological polar surface area (TPSA) is 36.9 Å². The van der Waals surface area contributed by atoms with Gasteiger partial charge in [-0.3, -0.25) is 0 Å². The van der Waals surface area contributed by atoms with E-state index in [1.54, 1.807) is 11.8 Å². The molecular formula is C34H45B23Br2O4S3. The van der Waals surface area contributed by atoms with Crippen LogP contribution in [0.4, 0.5) is 0 Å². The zero-order valence-electron chi connectivity index (χ0n) is 38.5. The second kappa shape index (κ2) is 36.0. The summed E-state index contributed by atoms with van der Waals surface area (Å²) < 4.78 is 25.6. The molecule has 24 radical (unpaired) electrons. The van der Waals surface area contributed by atoms with Gasteiger partial charge in [0.05, 0.1) is 0 Å². The summed E-state index contributed by atoms with van der Waals surface area (Å²) >= 11 is 14.6. The number of benzene rings is 3. The van der Waals surface area contributed by atoms with Gasteiger partial charge >= 0.3 is 7.12 Å². The maximum absolute atomic E-state index is 5.93. The molecule has 3 aromatic carbocycles. The molecule has 2 saturated heterocycles. The molecule has 2 aliphatic rings. The average Bonchev–Trinajstić information content (AvgIpc) is 3.27. The van der Waals surface area contributed by atoms with Gasteiger partial charge in [0.1, 0.15) is 10.9 Å². The van der Waals surface area contributed by atoms with Crippen molar-refractivity contribution in [3.8, 4) is 0 Å². The van der Waals surface area contributed by atoms with Gasteiger partial charge in [-0.15, -0.1) is 12.6 Å². The van der Waals surface area contributed by atoms with E-state index < -0.39 is 63.9 Å². The van der Waals surface area contributed by atoms with E-state index in [1.807, 2.05) is 42.1 Å². The third-order valence-corrected chi connectivity index (χ3v) is 15.4. The first-order chi connectivity index (χ1) is 31.4. The van der Waals surface area contributed by atoms with Crippen LogP contribution in [0.3, 0.4) is 0 Å². The molecule has 0 aromatic heterocycles. The number of hydrogen-bond acceptors (Lipinski definition) is 7. The SMILES string of the molecule is Brc1ccccc1SC1CCCCO1.CCCOB(OCCC)c1ccccc1SC1CCCCO1.Sc1ccccc1Br.[B]B([B])B(B([B])[B])B(B(B([B])[B])B([B])[B])B(B([B])[B])B([B])[B]. The summed E-state index contributed by atoms with van der Waals surface area (Å²) in [6, 6.07) is 24.5. The standard InChI is InChI=1S/C17H27BO3S.C11H13BrOS.C6H5BrS.B22/c1-3-12-20-18(21-13-4-2)15-9-5-6-10-16(15)22-17-11-7-8-14-19-17;12-9-5-1-2-6-10(9)14-11-7-3-4-8-13-11;7-5-3-1-2-4-6(5)8;1-13(2)19(14(3)4)22(20(15(5)6)16(7)8)21(17(9)10)18(11)12/h5-6,9-10,17H,3-4,7-8,11-14H2,1-2H3;1-2,5-6,11H,3-4,7-8H2;1-4,8H;. The molecule has 3 aromatic rings. The summed E-state index contributed by atoms with van der Waals surface area (Å²) in [5.41, 5.74) is 1.74. The van der Waals surface area contributed by atoms with E-state index in [9.17, 15) is 0 Å². The van der Waals surface area contributed by atoms with Crippen LogP contribution in [-0.4, -0.2) is 201 Å². The normalized spacial score (nSPS) is 15.0. The molecule has 0 aliphatic carbocycles. The fourth-order valence-electron chi connectivity index (χ4n) is 7.42. The fourth-order valence-corrected chi connectivity index (χ4v) is 10.7. The maximum atomic E-state index is 5.93. The third-order valence-electron chi connectivity index (χ3n) is 10.6. The Kier molecular flexibility index (Phi) is 34.4. The molecule has 2 atom stereocenters. The zero-order chi connectivity index (χ0) is 49.2. The molecule has 0 spiro atoms. The Balaban J connectivity index is 0.000000319. The minimum atomic E-state index is -0.926. The molecule has 4 nitrogen and oxygen atoms in total. The van der Waals surface area contributed by atoms with E-state index in [-0.39, 0.29) is 12.6 Å². The highest BCUT2D eigenvalue weighted by Crippen LogP contribution is 2.34. The predicted molar refractivity (Wildman–Crippen MR) is 325 cm³/mol. The largest absolute Gasteiger partial charge is 0.495 e. The highest BCUT2D eigenvalue weighted by atomic mass is 79.9. The fraction of sp³-hybridized carbons (Fsp3) is 0.471. The van der Waals surface area contributed by atoms with Crippen molar-refractivity contribution in [2.24, 2.45) is 0 Å².